The molecule has 4 heteroatoms. The zero-order valence-corrected chi connectivity index (χ0v) is 8.71. The fraction of sp³-hybridized carbons (Fsp3) is 0.200. The molecule has 0 aliphatic carbocycles. The van der Waals surface area contributed by atoms with E-state index in [0.717, 1.165) is 27.7 Å². The Morgan fingerprint density at radius 2 is 2.07 bits per heavy atom. The Hall–Kier alpha value is -1.42. The third kappa shape index (κ3) is 1.61. The second-order valence-electron chi connectivity index (χ2n) is 2.94. The van der Waals surface area contributed by atoms with E-state index in [4.69, 9.17) is 5.73 Å². The first-order valence-corrected chi connectivity index (χ1v) is 5.30. The van der Waals surface area contributed by atoms with Crippen molar-refractivity contribution in [3.05, 3.63) is 29.3 Å². The Balaban J connectivity index is 2.44. The van der Waals surface area contributed by atoms with E-state index in [1.54, 1.807) is 11.3 Å². The quantitative estimate of drug-likeness (QED) is 0.766. The zero-order chi connectivity index (χ0) is 9.97. The lowest BCUT2D eigenvalue weighted by Crippen LogP contribution is -1.88. The molecule has 0 spiro atoms. The number of rotatable bonds is 2. The van der Waals surface area contributed by atoms with E-state index in [-0.39, 0.29) is 0 Å². The zero-order valence-electron chi connectivity index (χ0n) is 7.90. The van der Waals surface area contributed by atoms with Crippen molar-refractivity contribution in [2.45, 2.75) is 13.3 Å². The third-order valence-corrected chi connectivity index (χ3v) is 3.06. The van der Waals surface area contributed by atoms with Gasteiger partial charge in [-0.1, -0.05) is 30.4 Å². The van der Waals surface area contributed by atoms with E-state index in [1.165, 1.54) is 0 Å². The van der Waals surface area contributed by atoms with Crippen molar-refractivity contribution in [1.29, 1.82) is 0 Å². The molecule has 2 rings (SSSR count). The fourth-order valence-electron chi connectivity index (χ4n) is 1.20. The van der Waals surface area contributed by atoms with Crippen LogP contribution in [0.4, 0.5) is 5.69 Å². The maximum atomic E-state index is 5.84. The Labute approximate surface area is 86.6 Å². The molecule has 1 aromatic carbocycles. The molecule has 0 saturated carbocycles. The molecule has 0 aliphatic heterocycles. The Kier molecular flexibility index (Phi) is 2.45. The Morgan fingerprint density at radius 3 is 2.71 bits per heavy atom. The van der Waals surface area contributed by atoms with Gasteiger partial charge < -0.3 is 5.73 Å². The van der Waals surface area contributed by atoms with Crippen LogP contribution in [0.25, 0.3) is 10.6 Å². The van der Waals surface area contributed by atoms with Gasteiger partial charge in [0.15, 0.2) is 0 Å². The van der Waals surface area contributed by atoms with Gasteiger partial charge in [-0.3, -0.25) is 0 Å². The highest BCUT2D eigenvalue weighted by molar-refractivity contribution is 7.14. The van der Waals surface area contributed by atoms with E-state index in [1.807, 2.05) is 24.3 Å². The van der Waals surface area contributed by atoms with Gasteiger partial charge in [0.2, 0.25) is 0 Å². The highest BCUT2D eigenvalue weighted by Gasteiger charge is 2.07. The SMILES string of the molecule is CCc1nnc(-c2ccccc2N)s1. The van der Waals surface area contributed by atoms with Crippen LogP contribution in [0.3, 0.4) is 0 Å². The number of anilines is 1. The molecule has 0 aliphatic rings. The van der Waals surface area contributed by atoms with Crippen LogP contribution >= 0.6 is 11.3 Å². The number of benzene rings is 1. The molecule has 3 nitrogen and oxygen atoms in total. The van der Waals surface area contributed by atoms with Crippen LogP contribution in [0, 0.1) is 0 Å². The molecule has 0 amide bonds. The molecule has 0 fully saturated rings. The second kappa shape index (κ2) is 3.75. The van der Waals surface area contributed by atoms with Crippen LogP contribution in [-0.4, -0.2) is 10.2 Å². The van der Waals surface area contributed by atoms with Gasteiger partial charge in [0, 0.05) is 11.3 Å². The molecule has 0 unspecified atom stereocenters. The molecular formula is C10H11N3S. The molecule has 2 N–H and O–H groups in total. The van der Waals surface area contributed by atoms with E-state index in [0.29, 0.717) is 0 Å². The van der Waals surface area contributed by atoms with Gasteiger partial charge in [-0.05, 0) is 18.6 Å². The lowest BCUT2D eigenvalue weighted by Gasteiger charge is -1.98. The average molecular weight is 205 g/mol. The summed E-state index contributed by atoms with van der Waals surface area (Å²) < 4.78 is 0. The fourth-order valence-corrected chi connectivity index (χ4v) is 2.02. The van der Waals surface area contributed by atoms with Gasteiger partial charge >= 0.3 is 0 Å². The Morgan fingerprint density at radius 1 is 1.29 bits per heavy atom. The lowest BCUT2D eigenvalue weighted by atomic mass is 10.2. The summed E-state index contributed by atoms with van der Waals surface area (Å²) >= 11 is 1.60. The minimum atomic E-state index is 0.756. The summed E-state index contributed by atoms with van der Waals surface area (Å²) in [6, 6.07) is 7.72. The van der Waals surface area contributed by atoms with Gasteiger partial charge in [-0.15, -0.1) is 10.2 Å². The van der Waals surface area contributed by atoms with Gasteiger partial charge in [-0.25, -0.2) is 0 Å². The van der Waals surface area contributed by atoms with Crippen molar-refractivity contribution in [3.63, 3.8) is 0 Å². The first-order chi connectivity index (χ1) is 6.81. The normalized spacial score (nSPS) is 10.4. The van der Waals surface area contributed by atoms with Crippen LogP contribution in [0.1, 0.15) is 11.9 Å². The van der Waals surface area contributed by atoms with Crippen LogP contribution in [0.2, 0.25) is 0 Å². The van der Waals surface area contributed by atoms with Crippen molar-refractivity contribution >= 4 is 17.0 Å². The summed E-state index contributed by atoms with van der Waals surface area (Å²) in [7, 11) is 0. The molecule has 72 valence electrons. The van der Waals surface area contributed by atoms with Gasteiger partial charge in [0.25, 0.3) is 0 Å². The highest BCUT2D eigenvalue weighted by atomic mass is 32.1. The molecule has 0 bridgehead atoms. The van der Waals surface area contributed by atoms with Crippen LogP contribution in [0.15, 0.2) is 24.3 Å². The maximum Gasteiger partial charge on any atom is 0.149 e. The van der Waals surface area contributed by atoms with Gasteiger partial charge in [0.05, 0.1) is 0 Å². The minimum Gasteiger partial charge on any atom is -0.398 e. The number of nitrogens with two attached hydrogens (primary N) is 1. The van der Waals surface area contributed by atoms with Crippen molar-refractivity contribution < 1.29 is 0 Å². The minimum absolute atomic E-state index is 0.756. The largest absolute Gasteiger partial charge is 0.398 e. The molecular weight excluding hydrogens is 194 g/mol. The van der Waals surface area contributed by atoms with Gasteiger partial charge in [0.1, 0.15) is 10.0 Å². The summed E-state index contributed by atoms with van der Waals surface area (Å²) in [5.74, 6) is 0. The monoisotopic (exact) mass is 205 g/mol. The molecule has 1 aromatic heterocycles. The average Bonchev–Trinajstić information content (AvgIpc) is 2.67. The van der Waals surface area contributed by atoms with E-state index in [9.17, 15) is 0 Å². The first kappa shape index (κ1) is 9.15. The van der Waals surface area contributed by atoms with Crippen LogP contribution < -0.4 is 5.73 Å². The third-order valence-electron chi connectivity index (χ3n) is 1.96. The Bertz CT molecular complexity index is 436. The number of hydrogen-bond donors (Lipinski definition) is 1. The van der Waals surface area contributed by atoms with E-state index >= 15 is 0 Å². The molecule has 0 atom stereocenters. The standard InChI is InChI=1S/C10H11N3S/c1-2-9-12-13-10(14-9)7-5-3-4-6-8(7)11/h3-6H,2,11H2,1H3. The molecule has 0 saturated heterocycles. The smallest absolute Gasteiger partial charge is 0.149 e. The van der Waals surface area contributed by atoms with Gasteiger partial charge in [-0.2, -0.15) is 0 Å². The summed E-state index contributed by atoms with van der Waals surface area (Å²) in [5, 5.41) is 10.1. The predicted molar refractivity (Wildman–Crippen MR) is 59.1 cm³/mol. The number of para-hydroxylation sites is 1. The second-order valence-corrected chi connectivity index (χ2v) is 4.00. The number of hydrogen-bond acceptors (Lipinski definition) is 4. The highest BCUT2D eigenvalue weighted by Crippen LogP contribution is 2.28. The summed E-state index contributed by atoms with van der Waals surface area (Å²) in [4.78, 5) is 0. The number of aryl methyl sites for hydroxylation is 1. The topological polar surface area (TPSA) is 51.8 Å². The summed E-state index contributed by atoms with van der Waals surface area (Å²) in [6.45, 7) is 2.07. The maximum absolute atomic E-state index is 5.84. The van der Waals surface area contributed by atoms with Crippen LogP contribution in [0.5, 0.6) is 0 Å². The van der Waals surface area contributed by atoms with Crippen molar-refractivity contribution in [2.75, 3.05) is 5.73 Å². The van der Waals surface area contributed by atoms with E-state index in [2.05, 4.69) is 17.1 Å². The number of nitrogen functional groups attached to an aromatic ring is 1. The number of nitrogens with zero attached hydrogens (tertiary/aromatic N) is 2. The van der Waals surface area contributed by atoms with Crippen LogP contribution in [-0.2, 0) is 6.42 Å². The first-order valence-electron chi connectivity index (χ1n) is 4.48. The molecule has 2 aromatic rings. The molecule has 0 radical (unpaired) electrons. The molecule has 1 heterocycles. The number of aromatic nitrogens is 2. The predicted octanol–water partition coefficient (Wildman–Crippen LogP) is 2.35. The van der Waals surface area contributed by atoms with Crippen molar-refractivity contribution in [1.82, 2.24) is 10.2 Å². The summed E-state index contributed by atoms with van der Waals surface area (Å²) in [5.41, 5.74) is 7.57. The summed E-state index contributed by atoms with van der Waals surface area (Å²) in [6.07, 6.45) is 0.921. The van der Waals surface area contributed by atoms with Crippen molar-refractivity contribution in [2.24, 2.45) is 0 Å². The lowest BCUT2D eigenvalue weighted by molar-refractivity contribution is 0.986. The molecule has 14 heavy (non-hydrogen) atoms. The van der Waals surface area contributed by atoms with Crippen molar-refractivity contribution in [3.8, 4) is 10.6 Å². The van der Waals surface area contributed by atoms with E-state index < -0.39 is 0 Å².